The van der Waals surface area contributed by atoms with E-state index in [1.165, 1.54) is 5.56 Å². The average molecular weight is 357 g/mol. The van der Waals surface area contributed by atoms with Crippen LogP contribution in [0.2, 0.25) is 5.28 Å². The lowest BCUT2D eigenvalue weighted by Crippen LogP contribution is -2.22. The van der Waals surface area contributed by atoms with Gasteiger partial charge in [-0.3, -0.25) is 0 Å². The van der Waals surface area contributed by atoms with Crippen molar-refractivity contribution in [1.82, 2.24) is 15.0 Å². The molecule has 0 N–H and O–H groups in total. The SMILES string of the molecule is CN(C)c1nc(Cl)nc(N(C)Cc2ccc(Br)cc2)n1. The Balaban J connectivity index is 2.20. The Morgan fingerprint density at radius 1 is 1.00 bits per heavy atom. The number of rotatable bonds is 4. The van der Waals surface area contributed by atoms with Gasteiger partial charge < -0.3 is 9.80 Å². The second kappa shape index (κ2) is 6.37. The van der Waals surface area contributed by atoms with Crippen LogP contribution in [-0.2, 0) is 6.54 Å². The molecule has 0 aliphatic carbocycles. The van der Waals surface area contributed by atoms with Gasteiger partial charge in [-0.1, -0.05) is 28.1 Å². The van der Waals surface area contributed by atoms with Crippen molar-refractivity contribution >= 4 is 39.4 Å². The van der Waals surface area contributed by atoms with Crippen LogP contribution in [0.3, 0.4) is 0 Å². The Morgan fingerprint density at radius 2 is 1.60 bits per heavy atom. The van der Waals surface area contributed by atoms with Gasteiger partial charge >= 0.3 is 0 Å². The summed E-state index contributed by atoms with van der Waals surface area (Å²) < 4.78 is 1.06. The molecule has 20 heavy (non-hydrogen) atoms. The van der Waals surface area contributed by atoms with Gasteiger partial charge in [0.1, 0.15) is 0 Å². The minimum absolute atomic E-state index is 0.196. The van der Waals surface area contributed by atoms with Gasteiger partial charge in [0.15, 0.2) is 0 Å². The van der Waals surface area contributed by atoms with Crippen molar-refractivity contribution in [3.05, 3.63) is 39.6 Å². The van der Waals surface area contributed by atoms with E-state index in [0.29, 0.717) is 18.4 Å². The zero-order valence-electron chi connectivity index (χ0n) is 11.5. The van der Waals surface area contributed by atoms with Gasteiger partial charge in [0.2, 0.25) is 17.2 Å². The average Bonchev–Trinajstić information content (AvgIpc) is 2.40. The molecule has 0 bridgehead atoms. The molecule has 5 nitrogen and oxygen atoms in total. The van der Waals surface area contributed by atoms with Crippen LogP contribution in [0.25, 0.3) is 0 Å². The highest BCUT2D eigenvalue weighted by molar-refractivity contribution is 9.10. The number of anilines is 2. The van der Waals surface area contributed by atoms with E-state index in [1.807, 2.05) is 38.2 Å². The summed E-state index contributed by atoms with van der Waals surface area (Å²) in [5.41, 5.74) is 1.17. The molecule has 0 unspecified atom stereocenters. The van der Waals surface area contributed by atoms with Gasteiger partial charge in [0.25, 0.3) is 0 Å². The summed E-state index contributed by atoms with van der Waals surface area (Å²) in [6.45, 7) is 0.695. The highest BCUT2D eigenvalue weighted by Crippen LogP contribution is 2.17. The highest BCUT2D eigenvalue weighted by Gasteiger charge is 2.11. The van der Waals surface area contributed by atoms with Crippen molar-refractivity contribution in [3.63, 3.8) is 0 Å². The van der Waals surface area contributed by atoms with E-state index in [0.717, 1.165) is 4.47 Å². The Labute approximate surface area is 131 Å². The number of benzene rings is 1. The van der Waals surface area contributed by atoms with Gasteiger partial charge in [-0.25, -0.2) is 0 Å². The third-order valence-corrected chi connectivity index (χ3v) is 3.36. The Kier molecular flexibility index (Phi) is 4.77. The molecule has 1 aromatic carbocycles. The molecule has 0 amide bonds. The molecule has 2 rings (SSSR count). The zero-order chi connectivity index (χ0) is 14.7. The van der Waals surface area contributed by atoms with Crippen LogP contribution in [0.4, 0.5) is 11.9 Å². The Bertz CT molecular complexity index is 588. The van der Waals surface area contributed by atoms with Crippen LogP contribution >= 0.6 is 27.5 Å². The van der Waals surface area contributed by atoms with E-state index >= 15 is 0 Å². The number of nitrogens with zero attached hydrogens (tertiary/aromatic N) is 5. The number of halogens is 2. The second-order valence-corrected chi connectivity index (χ2v) is 5.84. The van der Waals surface area contributed by atoms with Crippen molar-refractivity contribution in [2.75, 3.05) is 30.9 Å². The largest absolute Gasteiger partial charge is 0.347 e. The van der Waals surface area contributed by atoms with E-state index in [-0.39, 0.29) is 5.28 Å². The number of hydrogen-bond donors (Lipinski definition) is 0. The maximum absolute atomic E-state index is 5.94. The van der Waals surface area contributed by atoms with Crippen LogP contribution in [0.1, 0.15) is 5.56 Å². The van der Waals surface area contributed by atoms with E-state index in [4.69, 9.17) is 11.6 Å². The molecule has 0 aliphatic rings. The highest BCUT2D eigenvalue weighted by atomic mass is 79.9. The lowest BCUT2D eigenvalue weighted by molar-refractivity contribution is 0.842. The van der Waals surface area contributed by atoms with Gasteiger partial charge in [-0.05, 0) is 29.3 Å². The lowest BCUT2D eigenvalue weighted by atomic mass is 10.2. The quantitative estimate of drug-likeness (QED) is 0.842. The molecule has 0 saturated carbocycles. The monoisotopic (exact) mass is 355 g/mol. The van der Waals surface area contributed by atoms with Crippen molar-refractivity contribution in [2.45, 2.75) is 6.54 Å². The van der Waals surface area contributed by atoms with Crippen LogP contribution in [0.15, 0.2) is 28.7 Å². The molecule has 7 heteroatoms. The molecule has 1 aromatic heterocycles. The molecule has 0 saturated heterocycles. The van der Waals surface area contributed by atoms with Crippen molar-refractivity contribution in [1.29, 1.82) is 0 Å². The fourth-order valence-corrected chi connectivity index (χ4v) is 2.05. The zero-order valence-corrected chi connectivity index (χ0v) is 13.9. The first-order chi connectivity index (χ1) is 9.45. The maximum atomic E-state index is 5.94. The summed E-state index contributed by atoms with van der Waals surface area (Å²) in [5, 5.41) is 0.196. The topological polar surface area (TPSA) is 45.2 Å². The first-order valence-electron chi connectivity index (χ1n) is 6.00. The van der Waals surface area contributed by atoms with Crippen LogP contribution < -0.4 is 9.80 Å². The fourth-order valence-electron chi connectivity index (χ4n) is 1.63. The Hall–Kier alpha value is -1.40. The van der Waals surface area contributed by atoms with Gasteiger partial charge in [0, 0.05) is 32.2 Å². The van der Waals surface area contributed by atoms with E-state index < -0.39 is 0 Å². The molecular weight excluding hydrogens is 342 g/mol. The van der Waals surface area contributed by atoms with Crippen molar-refractivity contribution in [3.8, 4) is 0 Å². The molecule has 0 fully saturated rings. The normalized spacial score (nSPS) is 10.4. The first kappa shape index (κ1) is 15.0. The minimum Gasteiger partial charge on any atom is -0.347 e. The molecule has 106 valence electrons. The smallest absolute Gasteiger partial charge is 0.231 e. The Morgan fingerprint density at radius 3 is 2.20 bits per heavy atom. The van der Waals surface area contributed by atoms with E-state index in [1.54, 1.807) is 4.90 Å². The van der Waals surface area contributed by atoms with Crippen molar-refractivity contribution < 1.29 is 0 Å². The standard InChI is InChI=1S/C13H15BrClN5/c1-19(2)12-16-11(15)17-13(18-12)20(3)8-9-4-6-10(14)7-5-9/h4-7H,8H2,1-3H3. The molecular formula is C13H15BrClN5. The lowest BCUT2D eigenvalue weighted by Gasteiger charge is -2.19. The summed E-state index contributed by atoms with van der Waals surface area (Å²) in [7, 11) is 5.65. The molecule has 0 aliphatic heterocycles. The third kappa shape index (κ3) is 3.80. The number of hydrogen-bond acceptors (Lipinski definition) is 5. The van der Waals surface area contributed by atoms with Gasteiger partial charge in [-0.2, -0.15) is 15.0 Å². The van der Waals surface area contributed by atoms with E-state index in [9.17, 15) is 0 Å². The summed E-state index contributed by atoms with van der Waals surface area (Å²) in [5.74, 6) is 1.10. The second-order valence-electron chi connectivity index (χ2n) is 4.58. The summed E-state index contributed by atoms with van der Waals surface area (Å²) in [6.07, 6.45) is 0. The molecule has 0 atom stereocenters. The molecule has 1 heterocycles. The number of aromatic nitrogens is 3. The maximum Gasteiger partial charge on any atom is 0.231 e. The van der Waals surface area contributed by atoms with Gasteiger partial charge in [0.05, 0.1) is 0 Å². The molecule has 2 aromatic rings. The van der Waals surface area contributed by atoms with Crippen LogP contribution in [-0.4, -0.2) is 36.1 Å². The summed E-state index contributed by atoms with van der Waals surface area (Å²) in [4.78, 5) is 16.3. The summed E-state index contributed by atoms with van der Waals surface area (Å²) >= 11 is 9.36. The van der Waals surface area contributed by atoms with Crippen molar-refractivity contribution in [2.24, 2.45) is 0 Å². The van der Waals surface area contributed by atoms with Gasteiger partial charge in [-0.15, -0.1) is 0 Å². The predicted molar refractivity (Wildman–Crippen MR) is 85.4 cm³/mol. The molecule has 0 spiro atoms. The molecule has 0 radical (unpaired) electrons. The summed E-state index contributed by atoms with van der Waals surface area (Å²) in [6, 6.07) is 8.12. The first-order valence-corrected chi connectivity index (χ1v) is 7.17. The minimum atomic E-state index is 0.196. The third-order valence-electron chi connectivity index (χ3n) is 2.66. The fraction of sp³-hybridized carbons (Fsp3) is 0.308. The van der Waals surface area contributed by atoms with Crippen LogP contribution in [0, 0.1) is 0 Å². The van der Waals surface area contributed by atoms with E-state index in [2.05, 4.69) is 43.0 Å². The predicted octanol–water partition coefficient (Wildman–Crippen LogP) is 2.99. The van der Waals surface area contributed by atoms with Crippen LogP contribution in [0.5, 0.6) is 0 Å².